The zero-order chi connectivity index (χ0) is 40.5. The number of unbranched alkanes of at least 4 members (excludes halogenated alkanes) is 2. The zero-order valence-corrected chi connectivity index (χ0v) is 33.6. The summed E-state index contributed by atoms with van der Waals surface area (Å²) in [5.74, 6) is -0.438. The summed E-state index contributed by atoms with van der Waals surface area (Å²) in [4.78, 5) is 21.4. The van der Waals surface area contributed by atoms with Gasteiger partial charge in [0.15, 0.2) is 0 Å². The number of hydrogen-bond acceptors (Lipinski definition) is 9. The summed E-state index contributed by atoms with van der Waals surface area (Å²) < 4.78 is 40.3. The second kappa shape index (κ2) is 19.2. The minimum atomic E-state index is -1.46. The fraction of sp³-hybridized carbons (Fsp3) is 0.478. The van der Waals surface area contributed by atoms with Crippen molar-refractivity contribution in [3.8, 4) is 17.2 Å². The number of methoxy groups -OCH3 is 1. The van der Waals surface area contributed by atoms with Crippen LogP contribution in [0.3, 0.4) is 0 Å². The van der Waals surface area contributed by atoms with Gasteiger partial charge in [-0.1, -0.05) is 48.3 Å². The Kier molecular flexibility index (Phi) is 14.1. The molecule has 1 heterocycles. The van der Waals surface area contributed by atoms with Gasteiger partial charge in [0.2, 0.25) is 5.79 Å². The Morgan fingerprint density at radius 3 is 2.40 bits per heavy atom. The van der Waals surface area contributed by atoms with Gasteiger partial charge in [0.1, 0.15) is 35.7 Å². The lowest BCUT2D eigenvalue weighted by Gasteiger charge is -2.59. The van der Waals surface area contributed by atoms with Crippen LogP contribution in [0.1, 0.15) is 80.0 Å². The molecule has 3 aromatic carbocycles. The summed E-state index contributed by atoms with van der Waals surface area (Å²) in [7, 11) is 1.34. The molecule has 0 saturated heterocycles. The van der Waals surface area contributed by atoms with Gasteiger partial charge in [-0.25, -0.2) is 9.18 Å². The van der Waals surface area contributed by atoms with Crippen molar-refractivity contribution in [3.63, 3.8) is 0 Å². The van der Waals surface area contributed by atoms with Crippen LogP contribution in [-0.4, -0.2) is 72.3 Å². The summed E-state index contributed by atoms with van der Waals surface area (Å²) in [6.07, 6.45) is 8.16. The number of nitrogens with zero attached hydrogens (tertiary/aromatic N) is 2. The molecule has 1 amide bonds. The first-order valence-corrected chi connectivity index (χ1v) is 20.2. The van der Waals surface area contributed by atoms with Crippen LogP contribution in [0.2, 0.25) is 0 Å². The molecule has 0 aromatic heterocycles. The van der Waals surface area contributed by atoms with Crippen LogP contribution in [0.15, 0.2) is 90.1 Å². The molecular formula is C46H57FN2O8. The van der Waals surface area contributed by atoms with Gasteiger partial charge in [0.05, 0.1) is 25.3 Å². The second-order valence-electron chi connectivity index (χ2n) is 15.3. The Morgan fingerprint density at radius 2 is 1.72 bits per heavy atom. The van der Waals surface area contributed by atoms with Crippen LogP contribution < -0.4 is 9.47 Å². The van der Waals surface area contributed by atoms with E-state index < -0.39 is 23.8 Å². The Bertz CT molecular complexity index is 1910. The third kappa shape index (κ3) is 9.06. The van der Waals surface area contributed by atoms with Gasteiger partial charge in [-0.2, -0.15) is 0 Å². The van der Waals surface area contributed by atoms with Crippen molar-refractivity contribution in [2.75, 3.05) is 33.5 Å². The van der Waals surface area contributed by atoms with E-state index in [2.05, 4.69) is 32.6 Å². The number of halogens is 1. The number of fused-ring (bicyclic) bond motifs is 2. The number of hydrogen-bond donors (Lipinski definition) is 2. The molecule has 0 unspecified atom stereocenters. The largest absolute Gasteiger partial charge is 0.459 e. The second-order valence-corrected chi connectivity index (χ2v) is 15.3. The highest BCUT2D eigenvalue weighted by Gasteiger charge is 2.65. The summed E-state index contributed by atoms with van der Waals surface area (Å²) in [5.41, 5.74) is 5.55. The number of aliphatic hydroxyl groups excluding tert-OH is 2. The van der Waals surface area contributed by atoms with Crippen molar-refractivity contribution in [1.82, 2.24) is 4.90 Å². The number of carbonyl (C=O) groups excluding carboxylic acids is 1. The minimum absolute atomic E-state index is 0.0472. The van der Waals surface area contributed by atoms with Crippen LogP contribution in [0.4, 0.5) is 9.18 Å². The molecule has 3 aromatic rings. The lowest BCUT2D eigenvalue weighted by atomic mass is 9.55. The molecule has 306 valence electrons. The van der Waals surface area contributed by atoms with E-state index in [-0.39, 0.29) is 56.4 Å². The molecule has 2 aliphatic carbocycles. The first kappa shape index (κ1) is 41.9. The summed E-state index contributed by atoms with van der Waals surface area (Å²) in [5, 5.41) is 24.5. The Balaban J connectivity index is 1.59. The smallest absolute Gasteiger partial charge is 0.410 e. The number of aliphatic hydroxyl groups is 2. The van der Waals surface area contributed by atoms with Crippen LogP contribution in [0.5, 0.6) is 17.2 Å². The number of rotatable bonds is 18. The van der Waals surface area contributed by atoms with Crippen molar-refractivity contribution < 1.29 is 43.2 Å². The summed E-state index contributed by atoms with van der Waals surface area (Å²) >= 11 is 0. The van der Waals surface area contributed by atoms with E-state index in [0.29, 0.717) is 42.2 Å². The molecule has 6 rings (SSSR count). The van der Waals surface area contributed by atoms with Crippen LogP contribution in [0, 0.1) is 37.4 Å². The van der Waals surface area contributed by atoms with Crippen molar-refractivity contribution in [1.29, 1.82) is 0 Å². The maximum Gasteiger partial charge on any atom is 0.410 e. The fourth-order valence-electron chi connectivity index (χ4n) is 8.97. The van der Waals surface area contributed by atoms with Gasteiger partial charge in [-0.15, -0.1) is 6.58 Å². The predicted octanol–water partition coefficient (Wildman–Crippen LogP) is 9.16. The van der Waals surface area contributed by atoms with Crippen molar-refractivity contribution in [3.05, 3.63) is 113 Å². The maximum absolute atomic E-state index is 14.1. The Labute approximate surface area is 335 Å². The van der Waals surface area contributed by atoms with Gasteiger partial charge >= 0.3 is 6.09 Å². The number of allylic oxidation sites excluding steroid dienone is 1. The molecule has 0 bridgehead atoms. The van der Waals surface area contributed by atoms with Gasteiger partial charge in [0.25, 0.3) is 0 Å². The van der Waals surface area contributed by atoms with E-state index in [1.54, 1.807) is 23.1 Å². The number of benzene rings is 3. The monoisotopic (exact) mass is 784 g/mol. The molecule has 0 radical (unpaired) electrons. The summed E-state index contributed by atoms with van der Waals surface area (Å²) in [6, 6.07) is 17.2. The maximum atomic E-state index is 14.1. The lowest BCUT2D eigenvalue weighted by molar-refractivity contribution is -0.256. The van der Waals surface area contributed by atoms with Crippen molar-refractivity contribution >= 4 is 11.8 Å². The highest BCUT2D eigenvalue weighted by molar-refractivity contribution is 6.03. The quantitative estimate of drug-likeness (QED) is 0.0745. The highest BCUT2D eigenvalue weighted by atomic mass is 19.1. The number of ether oxygens (including phenoxy) is 4. The highest BCUT2D eigenvalue weighted by Crippen LogP contribution is 2.62. The molecule has 11 heteroatoms. The first-order valence-electron chi connectivity index (χ1n) is 20.2. The fourth-order valence-corrected chi connectivity index (χ4v) is 8.97. The molecular weight excluding hydrogens is 728 g/mol. The standard InChI is InChI=1S/C46H57FN2O8/c1-6-24-54-46-42(49(45(52)53-5)29-32-15-17-34(47)18-16-32)28-40(48-55-7-2)38-26-33(12-8-10-22-50)37(13-9-11-23-51)43(44(38)46)39-27-36(20-21-41(39)57-46)56-35-19-14-30(3)31(4)25-35/h6,14-21,25-27,33,37,42-44,50-51H,1,7-13,22-24,28-29H2,2-5H3/t33-,37+,42-,43+,44+,46+/m0/s1. The average Bonchev–Trinajstić information content (AvgIpc) is 3.21. The Hall–Kier alpha value is -4.71. The Morgan fingerprint density at radius 1 is 1.00 bits per heavy atom. The van der Waals surface area contributed by atoms with E-state index >= 15 is 0 Å². The number of aryl methyl sites for hydroxylation is 2. The molecule has 1 aliphatic heterocycles. The molecule has 57 heavy (non-hydrogen) atoms. The van der Waals surface area contributed by atoms with E-state index in [0.717, 1.165) is 48.1 Å². The summed E-state index contributed by atoms with van der Waals surface area (Å²) in [6.45, 7) is 10.7. The molecule has 6 atom stereocenters. The lowest BCUT2D eigenvalue weighted by Crippen LogP contribution is -2.70. The third-order valence-electron chi connectivity index (χ3n) is 11.7. The molecule has 0 spiro atoms. The molecule has 1 fully saturated rings. The van der Waals surface area contributed by atoms with Crippen LogP contribution >= 0.6 is 0 Å². The molecule has 2 N–H and O–H groups in total. The third-order valence-corrected chi connectivity index (χ3v) is 11.7. The van der Waals surface area contributed by atoms with E-state index in [4.69, 9.17) is 28.9 Å². The van der Waals surface area contributed by atoms with Gasteiger partial charge in [-0.05, 0) is 123 Å². The molecule has 10 nitrogen and oxygen atoms in total. The molecule has 1 saturated carbocycles. The van der Waals surface area contributed by atoms with Crippen molar-refractivity contribution in [2.24, 2.45) is 22.9 Å². The van der Waals surface area contributed by atoms with E-state index in [1.165, 1.54) is 24.8 Å². The van der Waals surface area contributed by atoms with Crippen LogP contribution in [-0.2, 0) is 20.9 Å². The number of amides is 1. The van der Waals surface area contributed by atoms with E-state index in [9.17, 15) is 19.4 Å². The number of oxime groups is 1. The topological polar surface area (TPSA) is 119 Å². The zero-order valence-electron chi connectivity index (χ0n) is 33.6. The van der Waals surface area contributed by atoms with Crippen molar-refractivity contribution in [2.45, 2.75) is 90.0 Å². The van der Waals surface area contributed by atoms with Gasteiger partial charge in [0, 0.05) is 37.7 Å². The number of carbonyl (C=O) groups is 1. The SMILES string of the molecule is C=CCO[C@@]12Oc3ccc(Oc4ccc(C)c(C)c4)cc3[C@H]3[C@H](CCCCO)[C@@H](CCCCO)C=C(C(=NOCC)C[C@@H]1N(Cc1ccc(F)cc1)C(=O)OC)[C@H]32. The minimum Gasteiger partial charge on any atom is -0.459 e. The van der Waals surface area contributed by atoms with E-state index in [1.807, 2.05) is 37.3 Å². The average molecular weight is 785 g/mol. The predicted molar refractivity (Wildman–Crippen MR) is 217 cm³/mol. The van der Waals surface area contributed by atoms with Crippen LogP contribution in [0.25, 0.3) is 0 Å². The normalized spacial score (nSPS) is 24.1. The van der Waals surface area contributed by atoms with Gasteiger partial charge < -0.3 is 34.0 Å². The first-order chi connectivity index (χ1) is 27.7. The van der Waals surface area contributed by atoms with Gasteiger partial charge in [-0.3, -0.25) is 4.90 Å². The molecule has 3 aliphatic rings.